The average Bonchev–Trinajstić information content (AvgIpc) is 2.98. The summed E-state index contributed by atoms with van der Waals surface area (Å²) in [6, 6.07) is 25.4. The number of aryl methyl sites for hydroxylation is 4. The summed E-state index contributed by atoms with van der Waals surface area (Å²) in [4.78, 5) is 4.83. The maximum absolute atomic E-state index is 4.83. The first-order chi connectivity index (χ1) is 12.7. The van der Waals surface area contributed by atoms with Crippen LogP contribution in [-0.4, -0.2) is 9.55 Å². The van der Waals surface area contributed by atoms with E-state index in [1.165, 1.54) is 22.2 Å². The van der Waals surface area contributed by atoms with Crippen molar-refractivity contribution >= 4 is 22.7 Å². The number of hydrogen-bond donors (Lipinski definition) is 1. The quantitative estimate of drug-likeness (QED) is 0.509. The lowest BCUT2D eigenvalue weighted by atomic mass is 10.1. The van der Waals surface area contributed by atoms with Crippen molar-refractivity contribution in [2.75, 3.05) is 5.32 Å². The summed E-state index contributed by atoms with van der Waals surface area (Å²) in [6.45, 7) is 5.14. The fourth-order valence-corrected chi connectivity index (χ4v) is 3.20. The van der Waals surface area contributed by atoms with E-state index in [9.17, 15) is 0 Å². The number of nitrogens with one attached hydrogen (secondary N) is 1. The maximum Gasteiger partial charge on any atom is 0.208 e. The topological polar surface area (TPSA) is 29.9 Å². The third-order valence-corrected chi connectivity index (χ3v) is 4.68. The molecule has 1 heterocycles. The molecule has 1 N–H and O–H groups in total. The van der Waals surface area contributed by atoms with Crippen molar-refractivity contribution in [2.45, 2.75) is 26.8 Å². The summed E-state index contributed by atoms with van der Waals surface area (Å²) in [7, 11) is 0. The minimum Gasteiger partial charge on any atom is -0.326 e. The Bertz CT molecular complexity index is 1010. The van der Waals surface area contributed by atoms with Crippen LogP contribution in [0.5, 0.6) is 0 Å². The molecule has 0 aliphatic carbocycles. The molecule has 0 aliphatic rings. The largest absolute Gasteiger partial charge is 0.326 e. The van der Waals surface area contributed by atoms with Gasteiger partial charge in [-0.05, 0) is 55.7 Å². The minimum absolute atomic E-state index is 0.887. The zero-order valence-corrected chi connectivity index (χ0v) is 15.2. The van der Waals surface area contributed by atoms with Crippen molar-refractivity contribution < 1.29 is 0 Å². The Kier molecular flexibility index (Phi) is 4.44. The molecule has 0 atom stereocenters. The summed E-state index contributed by atoms with van der Waals surface area (Å²) >= 11 is 0. The summed E-state index contributed by atoms with van der Waals surface area (Å²) in [5.41, 5.74) is 7.14. The molecule has 1 aromatic heterocycles. The van der Waals surface area contributed by atoms with Gasteiger partial charge in [0.2, 0.25) is 5.95 Å². The molecule has 3 heteroatoms. The molecular weight excluding hydrogens is 318 g/mol. The van der Waals surface area contributed by atoms with Gasteiger partial charge in [-0.2, -0.15) is 0 Å². The van der Waals surface area contributed by atoms with Crippen molar-refractivity contribution in [1.29, 1.82) is 0 Å². The van der Waals surface area contributed by atoms with Crippen molar-refractivity contribution in [1.82, 2.24) is 9.55 Å². The molecule has 26 heavy (non-hydrogen) atoms. The van der Waals surface area contributed by atoms with E-state index in [4.69, 9.17) is 4.98 Å². The standard InChI is InChI=1S/C23H23N3/c1-17-8-11-19(12-9-17)14-15-26-22-16-18(2)10-13-21(22)25-23(26)24-20-6-4-3-5-7-20/h3-13,16H,14-15H2,1-2H3,(H,24,25). The monoisotopic (exact) mass is 341 g/mol. The summed E-state index contributed by atoms with van der Waals surface area (Å²) in [5, 5.41) is 3.48. The van der Waals surface area contributed by atoms with Crippen molar-refractivity contribution in [3.8, 4) is 0 Å². The molecule has 0 amide bonds. The number of aromatic nitrogens is 2. The van der Waals surface area contributed by atoms with E-state index in [2.05, 4.69) is 78.3 Å². The van der Waals surface area contributed by atoms with E-state index in [0.717, 1.165) is 30.1 Å². The molecule has 4 aromatic rings. The van der Waals surface area contributed by atoms with Crippen molar-refractivity contribution in [3.63, 3.8) is 0 Å². The first kappa shape index (κ1) is 16.4. The predicted molar refractivity (Wildman–Crippen MR) is 109 cm³/mol. The molecule has 0 aliphatic heterocycles. The SMILES string of the molecule is Cc1ccc(CCn2c(Nc3ccccc3)nc3ccc(C)cc32)cc1. The Hall–Kier alpha value is -3.07. The van der Waals surface area contributed by atoms with Gasteiger partial charge in [-0.25, -0.2) is 4.98 Å². The summed E-state index contributed by atoms with van der Waals surface area (Å²) in [6.07, 6.45) is 0.975. The first-order valence-corrected chi connectivity index (χ1v) is 9.03. The normalized spacial score (nSPS) is 11.0. The van der Waals surface area contributed by atoms with Gasteiger partial charge >= 0.3 is 0 Å². The first-order valence-electron chi connectivity index (χ1n) is 9.03. The van der Waals surface area contributed by atoms with Crippen LogP contribution >= 0.6 is 0 Å². The molecular formula is C23H23N3. The van der Waals surface area contributed by atoms with Gasteiger partial charge < -0.3 is 9.88 Å². The zero-order chi connectivity index (χ0) is 17.9. The lowest BCUT2D eigenvalue weighted by Gasteiger charge is -2.11. The fraction of sp³-hybridized carbons (Fsp3) is 0.174. The van der Waals surface area contributed by atoms with Crippen LogP contribution in [0.25, 0.3) is 11.0 Å². The van der Waals surface area contributed by atoms with Gasteiger partial charge in [0.1, 0.15) is 0 Å². The Morgan fingerprint density at radius 2 is 1.58 bits per heavy atom. The number of para-hydroxylation sites is 1. The molecule has 0 bridgehead atoms. The Labute approximate surface area is 154 Å². The second-order valence-corrected chi connectivity index (χ2v) is 6.81. The number of imidazole rings is 1. The Morgan fingerprint density at radius 1 is 0.846 bits per heavy atom. The number of benzene rings is 3. The average molecular weight is 341 g/mol. The molecule has 3 nitrogen and oxygen atoms in total. The van der Waals surface area contributed by atoms with E-state index < -0.39 is 0 Å². The number of fused-ring (bicyclic) bond motifs is 1. The van der Waals surface area contributed by atoms with Gasteiger partial charge in [0, 0.05) is 12.2 Å². The molecule has 0 fully saturated rings. The number of anilines is 2. The molecule has 3 aromatic carbocycles. The van der Waals surface area contributed by atoms with Crippen molar-refractivity contribution in [2.24, 2.45) is 0 Å². The van der Waals surface area contributed by atoms with E-state index in [-0.39, 0.29) is 0 Å². The second kappa shape index (κ2) is 7.04. The molecule has 0 unspecified atom stereocenters. The van der Waals surface area contributed by atoms with Crippen molar-refractivity contribution in [3.05, 3.63) is 89.5 Å². The molecule has 0 saturated carbocycles. The smallest absolute Gasteiger partial charge is 0.208 e. The number of rotatable bonds is 5. The highest BCUT2D eigenvalue weighted by Gasteiger charge is 2.11. The van der Waals surface area contributed by atoms with E-state index in [1.807, 2.05) is 18.2 Å². The van der Waals surface area contributed by atoms with E-state index in [1.54, 1.807) is 0 Å². The van der Waals surface area contributed by atoms with Crippen LogP contribution in [-0.2, 0) is 13.0 Å². The van der Waals surface area contributed by atoms with Crippen LogP contribution in [0.4, 0.5) is 11.6 Å². The predicted octanol–water partition coefficient (Wildman–Crippen LogP) is 5.64. The molecule has 0 spiro atoms. The van der Waals surface area contributed by atoms with Crippen LogP contribution in [0.15, 0.2) is 72.8 Å². The van der Waals surface area contributed by atoms with Crippen LogP contribution in [0, 0.1) is 13.8 Å². The van der Waals surface area contributed by atoms with E-state index >= 15 is 0 Å². The highest BCUT2D eigenvalue weighted by atomic mass is 15.2. The maximum atomic E-state index is 4.83. The lowest BCUT2D eigenvalue weighted by molar-refractivity contribution is 0.724. The Morgan fingerprint density at radius 3 is 2.35 bits per heavy atom. The van der Waals surface area contributed by atoms with Crippen LogP contribution < -0.4 is 5.32 Å². The van der Waals surface area contributed by atoms with E-state index in [0.29, 0.717) is 0 Å². The van der Waals surface area contributed by atoms with Crippen LogP contribution in [0.2, 0.25) is 0 Å². The summed E-state index contributed by atoms with van der Waals surface area (Å²) in [5.74, 6) is 0.893. The molecule has 0 radical (unpaired) electrons. The molecule has 130 valence electrons. The zero-order valence-electron chi connectivity index (χ0n) is 15.2. The highest BCUT2D eigenvalue weighted by molar-refractivity contribution is 5.80. The van der Waals surface area contributed by atoms with Crippen LogP contribution in [0.1, 0.15) is 16.7 Å². The fourth-order valence-electron chi connectivity index (χ4n) is 3.20. The minimum atomic E-state index is 0.887. The van der Waals surface area contributed by atoms with Gasteiger partial charge in [0.25, 0.3) is 0 Å². The van der Waals surface area contributed by atoms with Gasteiger partial charge in [0.15, 0.2) is 0 Å². The number of hydrogen-bond acceptors (Lipinski definition) is 2. The number of nitrogens with zero attached hydrogens (tertiary/aromatic N) is 2. The van der Waals surface area contributed by atoms with Gasteiger partial charge in [-0.3, -0.25) is 0 Å². The lowest BCUT2D eigenvalue weighted by Crippen LogP contribution is -2.06. The highest BCUT2D eigenvalue weighted by Crippen LogP contribution is 2.24. The van der Waals surface area contributed by atoms with Gasteiger partial charge in [-0.15, -0.1) is 0 Å². The van der Waals surface area contributed by atoms with Gasteiger partial charge in [0.05, 0.1) is 11.0 Å². The van der Waals surface area contributed by atoms with Gasteiger partial charge in [-0.1, -0.05) is 54.1 Å². The Balaban J connectivity index is 1.68. The third kappa shape index (κ3) is 3.47. The third-order valence-electron chi connectivity index (χ3n) is 4.68. The second-order valence-electron chi connectivity index (χ2n) is 6.81. The summed E-state index contributed by atoms with van der Waals surface area (Å²) < 4.78 is 2.29. The molecule has 0 saturated heterocycles. The molecule has 4 rings (SSSR count). The van der Waals surface area contributed by atoms with Crippen LogP contribution in [0.3, 0.4) is 0 Å².